The zero-order chi connectivity index (χ0) is 45.4. The number of fused-ring (bicyclic) bond motifs is 9. The fraction of sp³-hybridized carbons (Fsp3) is 0. The minimum Gasteiger partial charge on any atom is -0.456 e. The van der Waals surface area contributed by atoms with Crippen molar-refractivity contribution < 1.29 is 8.83 Å². The zero-order valence-electron chi connectivity index (χ0n) is 37.0. The SMILES string of the molecule is c1ccc(-c2nc(-c3cccc(-c4cccc(-n5c6ccccc6c6cccc(-c7cccc(-c8ccc9c(c8)oc8ccccc89)c7)c65)c4)c3)nc(-c3ccc4c(c3)oc3ccccc34)n2)cc1. The Morgan fingerprint density at radius 3 is 1.43 bits per heavy atom. The third kappa shape index (κ3) is 6.53. The van der Waals surface area contributed by atoms with Gasteiger partial charge in [-0.25, -0.2) is 15.0 Å². The van der Waals surface area contributed by atoms with Crippen LogP contribution in [-0.4, -0.2) is 19.5 Å². The summed E-state index contributed by atoms with van der Waals surface area (Å²) >= 11 is 0. The van der Waals surface area contributed by atoms with Crippen LogP contribution < -0.4 is 0 Å². The first-order valence-electron chi connectivity index (χ1n) is 23.2. The van der Waals surface area contributed by atoms with Crippen LogP contribution in [0.4, 0.5) is 0 Å². The van der Waals surface area contributed by atoms with Gasteiger partial charge in [0.2, 0.25) is 0 Å². The molecular formula is C63H38N4O2. The van der Waals surface area contributed by atoms with Gasteiger partial charge in [-0.2, -0.15) is 0 Å². The van der Waals surface area contributed by atoms with E-state index in [4.69, 9.17) is 23.8 Å². The first-order valence-corrected chi connectivity index (χ1v) is 23.2. The largest absolute Gasteiger partial charge is 0.456 e. The van der Waals surface area contributed by atoms with Crippen molar-refractivity contribution in [2.24, 2.45) is 0 Å². The minimum atomic E-state index is 0.577. The average Bonchev–Trinajstić information content (AvgIpc) is 4.10. The van der Waals surface area contributed by atoms with Crippen molar-refractivity contribution in [3.8, 4) is 73.2 Å². The maximum absolute atomic E-state index is 6.30. The number of furan rings is 2. The van der Waals surface area contributed by atoms with Crippen LogP contribution in [0.1, 0.15) is 0 Å². The van der Waals surface area contributed by atoms with Crippen LogP contribution >= 0.6 is 0 Å². The number of aromatic nitrogens is 4. The third-order valence-electron chi connectivity index (χ3n) is 13.4. The molecule has 10 aromatic carbocycles. The standard InChI is InChI=1S/C63H38N4O2/c1-2-14-39(15-3-1)61-64-62(66-63(65-61)46-31-33-53-51-24-6-9-29-57(51)69-59(53)38-46)45-20-11-17-41(35-45)42-18-12-21-47(36-42)67-55-27-7-4-22-49(55)54-26-13-25-48(60(54)67)44-19-10-16-40(34-44)43-30-32-52-50-23-5-8-28-56(50)68-58(52)37-43/h1-38H. The number of para-hydroxylation sites is 4. The van der Waals surface area contributed by atoms with E-state index in [0.29, 0.717) is 17.5 Å². The van der Waals surface area contributed by atoms with Crippen LogP contribution in [0.5, 0.6) is 0 Å². The Bertz CT molecular complexity index is 4330. The molecule has 4 heterocycles. The zero-order valence-corrected chi connectivity index (χ0v) is 37.0. The molecule has 0 aliphatic heterocycles. The maximum Gasteiger partial charge on any atom is 0.164 e. The predicted molar refractivity (Wildman–Crippen MR) is 281 cm³/mol. The highest BCUT2D eigenvalue weighted by Crippen LogP contribution is 2.41. The van der Waals surface area contributed by atoms with Gasteiger partial charge >= 0.3 is 0 Å². The maximum atomic E-state index is 6.30. The van der Waals surface area contributed by atoms with Gasteiger partial charge < -0.3 is 13.4 Å². The molecule has 0 N–H and O–H groups in total. The summed E-state index contributed by atoms with van der Waals surface area (Å²) in [6, 6.07) is 80.7. The highest BCUT2D eigenvalue weighted by molar-refractivity contribution is 6.14. The number of benzene rings is 10. The molecular weight excluding hydrogens is 845 g/mol. The lowest BCUT2D eigenvalue weighted by Crippen LogP contribution is -2.00. The van der Waals surface area contributed by atoms with Crippen LogP contribution in [0, 0.1) is 0 Å². The second-order valence-electron chi connectivity index (χ2n) is 17.6. The fourth-order valence-corrected chi connectivity index (χ4v) is 10.2. The summed E-state index contributed by atoms with van der Waals surface area (Å²) in [5.41, 5.74) is 16.1. The van der Waals surface area contributed by atoms with Crippen molar-refractivity contribution in [2.75, 3.05) is 0 Å². The van der Waals surface area contributed by atoms with E-state index in [1.54, 1.807) is 0 Å². The summed E-state index contributed by atoms with van der Waals surface area (Å²) in [4.78, 5) is 15.3. The molecule has 14 aromatic rings. The van der Waals surface area contributed by atoms with Gasteiger partial charge in [-0.1, -0.05) is 164 Å². The number of rotatable bonds is 7. The Hall–Kier alpha value is -9.39. The molecule has 0 atom stereocenters. The van der Waals surface area contributed by atoms with Gasteiger partial charge in [0, 0.05) is 60.3 Å². The first-order chi connectivity index (χ1) is 34.2. The van der Waals surface area contributed by atoms with Gasteiger partial charge in [-0.3, -0.25) is 0 Å². The molecule has 4 aromatic heterocycles. The summed E-state index contributed by atoms with van der Waals surface area (Å²) in [5, 5.41) is 6.80. The molecule has 322 valence electrons. The van der Waals surface area contributed by atoms with Gasteiger partial charge in [0.05, 0.1) is 11.0 Å². The monoisotopic (exact) mass is 882 g/mol. The predicted octanol–water partition coefficient (Wildman–Crippen LogP) is 16.8. The average molecular weight is 883 g/mol. The van der Waals surface area contributed by atoms with Gasteiger partial charge in [0.25, 0.3) is 0 Å². The molecule has 14 rings (SSSR count). The molecule has 0 bridgehead atoms. The quantitative estimate of drug-likeness (QED) is 0.159. The Kier molecular flexibility index (Phi) is 8.79. The van der Waals surface area contributed by atoms with E-state index >= 15 is 0 Å². The molecule has 0 fully saturated rings. The lowest BCUT2D eigenvalue weighted by Gasteiger charge is -2.14. The van der Waals surface area contributed by atoms with Crippen molar-refractivity contribution >= 4 is 65.7 Å². The lowest BCUT2D eigenvalue weighted by atomic mass is 9.97. The van der Waals surface area contributed by atoms with Crippen molar-refractivity contribution in [2.45, 2.75) is 0 Å². The summed E-state index contributed by atoms with van der Waals surface area (Å²) < 4.78 is 15.0. The second kappa shape index (κ2) is 15.6. The van der Waals surface area contributed by atoms with E-state index in [0.717, 1.165) is 111 Å². The van der Waals surface area contributed by atoms with Crippen LogP contribution in [0.25, 0.3) is 139 Å². The highest BCUT2D eigenvalue weighted by Gasteiger charge is 2.19. The molecule has 0 saturated carbocycles. The van der Waals surface area contributed by atoms with Crippen LogP contribution in [-0.2, 0) is 0 Å². The second-order valence-corrected chi connectivity index (χ2v) is 17.6. The van der Waals surface area contributed by atoms with E-state index in [1.807, 2.05) is 66.7 Å². The van der Waals surface area contributed by atoms with E-state index in [-0.39, 0.29) is 0 Å². The van der Waals surface area contributed by atoms with Crippen molar-refractivity contribution in [1.82, 2.24) is 19.5 Å². The Labute approximate surface area is 396 Å². The molecule has 0 saturated heterocycles. The molecule has 0 radical (unpaired) electrons. The Balaban J connectivity index is 0.872. The fourth-order valence-electron chi connectivity index (χ4n) is 10.2. The summed E-state index contributed by atoms with van der Waals surface area (Å²) in [6.07, 6.45) is 0. The van der Waals surface area contributed by atoms with Crippen LogP contribution in [0.3, 0.4) is 0 Å². The van der Waals surface area contributed by atoms with Gasteiger partial charge in [0.15, 0.2) is 17.5 Å². The summed E-state index contributed by atoms with van der Waals surface area (Å²) in [6.45, 7) is 0. The number of hydrogen-bond acceptors (Lipinski definition) is 5. The Morgan fingerprint density at radius 1 is 0.275 bits per heavy atom. The van der Waals surface area contributed by atoms with Gasteiger partial charge in [0.1, 0.15) is 22.3 Å². The third-order valence-corrected chi connectivity index (χ3v) is 13.4. The van der Waals surface area contributed by atoms with Crippen LogP contribution in [0.2, 0.25) is 0 Å². The minimum absolute atomic E-state index is 0.577. The number of nitrogens with zero attached hydrogens (tertiary/aromatic N) is 4. The van der Waals surface area contributed by atoms with Crippen LogP contribution in [0.15, 0.2) is 239 Å². The molecule has 0 spiro atoms. The van der Waals surface area contributed by atoms with Gasteiger partial charge in [-0.05, 0) is 94.5 Å². The molecule has 0 unspecified atom stereocenters. The number of hydrogen-bond donors (Lipinski definition) is 0. The highest BCUT2D eigenvalue weighted by atomic mass is 16.3. The molecule has 6 heteroatoms. The van der Waals surface area contributed by atoms with E-state index in [9.17, 15) is 0 Å². The molecule has 0 aliphatic rings. The molecule has 69 heavy (non-hydrogen) atoms. The normalized spacial score (nSPS) is 11.8. The molecule has 6 nitrogen and oxygen atoms in total. The van der Waals surface area contributed by atoms with Crippen molar-refractivity contribution in [3.05, 3.63) is 231 Å². The Morgan fingerprint density at radius 2 is 0.725 bits per heavy atom. The van der Waals surface area contributed by atoms with E-state index in [2.05, 4.69) is 168 Å². The van der Waals surface area contributed by atoms with E-state index < -0.39 is 0 Å². The topological polar surface area (TPSA) is 69.9 Å². The van der Waals surface area contributed by atoms with Crippen molar-refractivity contribution in [3.63, 3.8) is 0 Å². The summed E-state index contributed by atoms with van der Waals surface area (Å²) in [7, 11) is 0. The first kappa shape index (κ1) is 38.8. The summed E-state index contributed by atoms with van der Waals surface area (Å²) in [5.74, 6) is 1.77. The molecule has 0 aliphatic carbocycles. The van der Waals surface area contributed by atoms with Gasteiger partial charge in [-0.15, -0.1) is 0 Å². The smallest absolute Gasteiger partial charge is 0.164 e. The molecule has 0 amide bonds. The lowest BCUT2D eigenvalue weighted by molar-refractivity contribution is 0.668. The van der Waals surface area contributed by atoms with E-state index in [1.165, 1.54) is 10.8 Å². The van der Waals surface area contributed by atoms with Crippen molar-refractivity contribution in [1.29, 1.82) is 0 Å².